The average molecular weight is 491 g/mol. The van der Waals surface area contributed by atoms with Crippen LogP contribution in [0.25, 0.3) is 6.08 Å². The van der Waals surface area contributed by atoms with Gasteiger partial charge in [0.15, 0.2) is 11.5 Å². The number of benzene rings is 2. The van der Waals surface area contributed by atoms with E-state index in [2.05, 4.69) is 29.8 Å². The maximum absolute atomic E-state index is 11.5. The van der Waals surface area contributed by atoms with Gasteiger partial charge in [-0.15, -0.1) is 0 Å². The standard InChI is InChI=1S/C22H23BrN2O6/c1-21(2)18-14(9-12(28-4)10-16(18)29-5)24(3)22(21)8-7-13-19(23)15(25(26)27)11-17(30-6)20(13)31-22/h7-11H,1-6H3. The highest BCUT2D eigenvalue weighted by Gasteiger charge is 2.59. The van der Waals surface area contributed by atoms with Gasteiger partial charge >= 0.3 is 0 Å². The minimum Gasteiger partial charge on any atom is -0.497 e. The molecule has 0 aliphatic carbocycles. The molecule has 4 rings (SSSR count). The summed E-state index contributed by atoms with van der Waals surface area (Å²) >= 11 is 3.36. The van der Waals surface area contributed by atoms with Gasteiger partial charge in [-0.3, -0.25) is 10.1 Å². The van der Waals surface area contributed by atoms with E-state index in [-0.39, 0.29) is 5.69 Å². The highest BCUT2D eigenvalue weighted by atomic mass is 79.9. The van der Waals surface area contributed by atoms with Crippen LogP contribution in [-0.2, 0) is 5.41 Å². The summed E-state index contributed by atoms with van der Waals surface area (Å²) in [7, 11) is 6.64. The second-order valence-corrected chi connectivity index (χ2v) is 8.74. The summed E-state index contributed by atoms with van der Waals surface area (Å²) in [6.07, 6.45) is 3.77. The van der Waals surface area contributed by atoms with Crippen molar-refractivity contribution in [2.24, 2.45) is 0 Å². The zero-order valence-corrected chi connectivity index (χ0v) is 19.7. The van der Waals surface area contributed by atoms with Gasteiger partial charge in [0.05, 0.1) is 43.4 Å². The SMILES string of the molecule is COc1cc(OC)c2c(c1)N(C)C1(C=Cc3c(Br)c([N+](=O)[O-])cc(OC)c3O1)C2(C)C. The summed E-state index contributed by atoms with van der Waals surface area (Å²) in [5.41, 5.74) is 0.878. The number of nitro groups is 1. The lowest BCUT2D eigenvalue weighted by atomic mass is 9.76. The molecule has 8 nitrogen and oxygen atoms in total. The zero-order valence-electron chi connectivity index (χ0n) is 18.1. The number of methoxy groups -OCH3 is 3. The number of rotatable bonds is 4. The molecule has 0 bridgehead atoms. The zero-order chi connectivity index (χ0) is 22.7. The number of nitrogens with zero attached hydrogens (tertiary/aromatic N) is 2. The van der Waals surface area contributed by atoms with Crippen LogP contribution in [0.15, 0.2) is 28.7 Å². The third-order valence-corrected chi connectivity index (χ3v) is 7.07. The van der Waals surface area contributed by atoms with Gasteiger partial charge in [0, 0.05) is 30.3 Å². The van der Waals surface area contributed by atoms with E-state index in [9.17, 15) is 10.1 Å². The molecule has 0 amide bonds. The lowest BCUT2D eigenvalue weighted by Crippen LogP contribution is -2.58. The molecule has 9 heteroatoms. The van der Waals surface area contributed by atoms with Crippen molar-refractivity contribution in [1.82, 2.24) is 0 Å². The predicted octanol–water partition coefficient (Wildman–Crippen LogP) is 4.91. The third-order valence-electron chi connectivity index (χ3n) is 6.24. The number of hydrogen-bond donors (Lipinski definition) is 0. The van der Waals surface area contributed by atoms with Gasteiger partial charge in [-0.1, -0.05) is 0 Å². The first-order chi connectivity index (χ1) is 14.6. The minimum absolute atomic E-state index is 0.0893. The van der Waals surface area contributed by atoms with Crippen LogP contribution in [0.4, 0.5) is 11.4 Å². The van der Waals surface area contributed by atoms with Gasteiger partial charge in [0.25, 0.3) is 5.69 Å². The Labute approximate surface area is 188 Å². The van der Waals surface area contributed by atoms with Crippen molar-refractivity contribution in [3.63, 3.8) is 0 Å². The Morgan fingerprint density at radius 3 is 2.35 bits per heavy atom. The Morgan fingerprint density at radius 1 is 1.10 bits per heavy atom. The molecular weight excluding hydrogens is 468 g/mol. The summed E-state index contributed by atoms with van der Waals surface area (Å²) in [5, 5.41) is 11.5. The Bertz CT molecular complexity index is 1130. The Morgan fingerprint density at radius 2 is 1.77 bits per heavy atom. The van der Waals surface area contributed by atoms with Crippen LogP contribution in [0.5, 0.6) is 23.0 Å². The minimum atomic E-state index is -0.926. The van der Waals surface area contributed by atoms with E-state index in [0.29, 0.717) is 33.0 Å². The van der Waals surface area contributed by atoms with Crippen molar-refractivity contribution < 1.29 is 23.9 Å². The van der Waals surface area contributed by atoms with Crippen molar-refractivity contribution >= 4 is 33.4 Å². The number of nitro benzene ring substituents is 1. The second kappa shape index (κ2) is 7.05. The topological polar surface area (TPSA) is 83.3 Å². The molecule has 2 aliphatic heterocycles. The number of fused-ring (bicyclic) bond motifs is 2. The number of halogens is 1. The molecule has 1 unspecified atom stereocenters. The Balaban J connectivity index is 1.95. The van der Waals surface area contributed by atoms with Crippen molar-refractivity contribution in [2.75, 3.05) is 33.3 Å². The lowest BCUT2D eigenvalue weighted by Gasteiger charge is -2.46. The maximum Gasteiger partial charge on any atom is 0.288 e. The smallest absolute Gasteiger partial charge is 0.288 e. The predicted molar refractivity (Wildman–Crippen MR) is 121 cm³/mol. The molecule has 31 heavy (non-hydrogen) atoms. The van der Waals surface area contributed by atoms with Gasteiger partial charge in [-0.05, 0) is 41.9 Å². The van der Waals surface area contributed by atoms with Crippen LogP contribution >= 0.6 is 15.9 Å². The van der Waals surface area contributed by atoms with E-state index >= 15 is 0 Å². The number of anilines is 1. The van der Waals surface area contributed by atoms with Gasteiger partial charge in [-0.2, -0.15) is 0 Å². The fourth-order valence-electron chi connectivity index (χ4n) is 4.59. The first-order valence-electron chi connectivity index (χ1n) is 9.56. The van der Waals surface area contributed by atoms with Crippen LogP contribution in [-0.4, -0.2) is 39.0 Å². The molecule has 0 N–H and O–H groups in total. The summed E-state index contributed by atoms with van der Waals surface area (Å²) < 4.78 is 23.6. The van der Waals surface area contributed by atoms with E-state index in [1.807, 2.05) is 36.2 Å². The van der Waals surface area contributed by atoms with Gasteiger partial charge in [0.1, 0.15) is 16.0 Å². The molecule has 0 radical (unpaired) electrons. The molecule has 2 aromatic rings. The quantitative estimate of drug-likeness (QED) is 0.444. The normalized spacial score (nSPS) is 20.2. The third kappa shape index (κ3) is 2.72. The molecule has 0 saturated heterocycles. The van der Waals surface area contributed by atoms with E-state index in [1.165, 1.54) is 13.2 Å². The van der Waals surface area contributed by atoms with Crippen LogP contribution < -0.4 is 23.8 Å². The van der Waals surface area contributed by atoms with Crippen LogP contribution in [0.3, 0.4) is 0 Å². The molecule has 2 aromatic carbocycles. The van der Waals surface area contributed by atoms with E-state index < -0.39 is 16.1 Å². The maximum atomic E-state index is 11.5. The molecule has 2 aliphatic rings. The van der Waals surface area contributed by atoms with Crippen molar-refractivity contribution in [2.45, 2.75) is 25.0 Å². The fraction of sp³-hybridized carbons (Fsp3) is 0.364. The van der Waals surface area contributed by atoms with Crippen LogP contribution in [0.2, 0.25) is 0 Å². The van der Waals surface area contributed by atoms with Crippen LogP contribution in [0, 0.1) is 10.1 Å². The summed E-state index contributed by atoms with van der Waals surface area (Å²) in [5.74, 6) is 2.09. The average Bonchev–Trinajstić information content (AvgIpc) is 2.91. The highest BCUT2D eigenvalue weighted by molar-refractivity contribution is 9.10. The number of ether oxygens (including phenoxy) is 4. The molecule has 164 valence electrons. The van der Waals surface area contributed by atoms with Crippen molar-refractivity contribution in [3.05, 3.63) is 50.0 Å². The molecule has 0 saturated carbocycles. The van der Waals surface area contributed by atoms with Gasteiger partial charge in [0.2, 0.25) is 5.72 Å². The second-order valence-electron chi connectivity index (χ2n) is 7.95. The van der Waals surface area contributed by atoms with Crippen molar-refractivity contribution in [1.29, 1.82) is 0 Å². The highest BCUT2D eigenvalue weighted by Crippen LogP contribution is 2.59. The van der Waals surface area contributed by atoms with E-state index in [1.54, 1.807) is 14.2 Å². The van der Waals surface area contributed by atoms with Crippen LogP contribution in [0.1, 0.15) is 25.0 Å². The summed E-state index contributed by atoms with van der Waals surface area (Å²) in [6.45, 7) is 4.15. The fourth-order valence-corrected chi connectivity index (χ4v) is 5.16. The number of hydrogen-bond acceptors (Lipinski definition) is 7. The molecule has 0 fully saturated rings. The molecule has 1 atom stereocenters. The van der Waals surface area contributed by atoms with Gasteiger partial charge in [-0.25, -0.2) is 0 Å². The van der Waals surface area contributed by atoms with E-state index in [4.69, 9.17) is 18.9 Å². The lowest BCUT2D eigenvalue weighted by molar-refractivity contribution is -0.385. The number of likely N-dealkylation sites (N-methyl/N-ethyl adjacent to an activating group) is 1. The first kappa shape index (κ1) is 21.3. The molecule has 0 aromatic heterocycles. The first-order valence-corrected chi connectivity index (χ1v) is 10.4. The summed E-state index contributed by atoms with van der Waals surface area (Å²) in [6, 6.07) is 5.17. The largest absolute Gasteiger partial charge is 0.497 e. The summed E-state index contributed by atoms with van der Waals surface area (Å²) in [4.78, 5) is 13.1. The molecular formula is C22H23BrN2O6. The van der Waals surface area contributed by atoms with Gasteiger partial charge < -0.3 is 23.8 Å². The Hall–Kier alpha value is -2.94. The monoisotopic (exact) mass is 490 g/mol. The Kier molecular flexibility index (Phi) is 4.84. The molecule has 1 spiro atoms. The van der Waals surface area contributed by atoms with E-state index in [0.717, 1.165) is 11.3 Å². The van der Waals surface area contributed by atoms with Crippen molar-refractivity contribution in [3.8, 4) is 23.0 Å². The molecule has 2 heterocycles.